The third-order valence-electron chi connectivity index (χ3n) is 4.44. The highest BCUT2D eigenvalue weighted by atomic mass is 127. The zero-order valence-electron chi connectivity index (χ0n) is 16.2. The maximum absolute atomic E-state index is 13.8. The number of aromatic nitrogens is 2. The van der Waals surface area contributed by atoms with Crippen molar-refractivity contribution in [2.24, 2.45) is 4.99 Å². The van der Waals surface area contributed by atoms with E-state index in [1.54, 1.807) is 32.3 Å². The van der Waals surface area contributed by atoms with Gasteiger partial charge in [0.15, 0.2) is 5.96 Å². The molecule has 0 radical (unpaired) electrons. The lowest BCUT2D eigenvalue weighted by molar-refractivity contribution is 0.607. The van der Waals surface area contributed by atoms with E-state index in [-0.39, 0.29) is 35.8 Å². The zero-order valence-corrected chi connectivity index (χ0v) is 18.5. The Morgan fingerprint density at radius 1 is 1.21 bits per heavy atom. The lowest BCUT2D eigenvalue weighted by Gasteiger charge is -2.19. The second kappa shape index (κ2) is 10.2. The largest absolute Gasteiger partial charge is 0.352 e. The highest BCUT2D eigenvalue weighted by Crippen LogP contribution is 2.16. The molecule has 1 aromatic heterocycles. The van der Waals surface area contributed by atoms with Crippen molar-refractivity contribution in [1.29, 1.82) is 0 Å². The fourth-order valence-electron chi connectivity index (χ4n) is 2.74. The predicted octanol–water partition coefficient (Wildman–Crippen LogP) is 4.36. The molecule has 7 heteroatoms. The summed E-state index contributed by atoms with van der Waals surface area (Å²) in [4.78, 5) is 4.25. The summed E-state index contributed by atoms with van der Waals surface area (Å²) in [6.07, 6.45) is 3.67. The molecule has 1 atom stereocenters. The minimum atomic E-state index is -0.193. The Kier molecular flexibility index (Phi) is 7.98. The molecule has 2 N–H and O–H groups in total. The highest BCUT2D eigenvalue weighted by Gasteiger charge is 2.10. The molecule has 1 heterocycles. The molecule has 0 fully saturated rings. The van der Waals surface area contributed by atoms with Crippen LogP contribution in [0, 0.1) is 12.7 Å². The van der Waals surface area contributed by atoms with Crippen LogP contribution < -0.4 is 10.6 Å². The van der Waals surface area contributed by atoms with Gasteiger partial charge in [-0.25, -0.2) is 9.07 Å². The summed E-state index contributed by atoms with van der Waals surface area (Å²) in [6.45, 7) is 4.37. The monoisotopic (exact) mass is 493 g/mol. The van der Waals surface area contributed by atoms with Crippen LogP contribution >= 0.6 is 24.0 Å². The van der Waals surface area contributed by atoms with Crippen LogP contribution in [0.2, 0.25) is 0 Å². The fourth-order valence-corrected chi connectivity index (χ4v) is 2.74. The van der Waals surface area contributed by atoms with Crippen LogP contribution in [0.4, 0.5) is 4.39 Å². The Balaban J connectivity index is 0.00000280. The summed E-state index contributed by atoms with van der Waals surface area (Å²) in [5.41, 5.74) is 3.67. The average Bonchev–Trinajstić information content (AvgIpc) is 3.22. The van der Waals surface area contributed by atoms with Crippen LogP contribution in [-0.4, -0.2) is 22.8 Å². The molecule has 3 rings (SSSR count). The number of aryl methyl sites for hydroxylation is 1. The van der Waals surface area contributed by atoms with Gasteiger partial charge in [0.25, 0.3) is 0 Å². The number of benzene rings is 2. The lowest BCUT2D eigenvalue weighted by Crippen LogP contribution is -2.38. The minimum Gasteiger partial charge on any atom is -0.352 e. The van der Waals surface area contributed by atoms with Gasteiger partial charge in [0.1, 0.15) is 5.82 Å². The summed E-state index contributed by atoms with van der Waals surface area (Å²) >= 11 is 0. The van der Waals surface area contributed by atoms with E-state index in [0.29, 0.717) is 18.1 Å². The number of halogens is 2. The summed E-state index contributed by atoms with van der Waals surface area (Å²) < 4.78 is 15.6. The summed E-state index contributed by atoms with van der Waals surface area (Å²) in [5, 5.41) is 10.8. The number of hydrogen-bond donors (Lipinski definition) is 2. The fraction of sp³-hybridized carbons (Fsp3) is 0.238. The van der Waals surface area contributed by atoms with Gasteiger partial charge >= 0.3 is 0 Å². The van der Waals surface area contributed by atoms with Gasteiger partial charge in [-0.2, -0.15) is 5.10 Å². The SMILES string of the molecule is CN=C(NCc1ccc(-n2cccn2)cc1)NC(C)c1ccc(C)c(F)c1.I. The van der Waals surface area contributed by atoms with Gasteiger partial charge < -0.3 is 10.6 Å². The first-order valence-corrected chi connectivity index (χ1v) is 8.89. The quantitative estimate of drug-likeness (QED) is 0.316. The number of nitrogens with one attached hydrogen (secondary N) is 2. The van der Waals surface area contributed by atoms with E-state index in [4.69, 9.17) is 0 Å². The predicted molar refractivity (Wildman–Crippen MR) is 122 cm³/mol. The molecule has 0 aliphatic rings. The zero-order chi connectivity index (χ0) is 19.2. The molecule has 28 heavy (non-hydrogen) atoms. The van der Waals surface area contributed by atoms with Gasteiger partial charge in [-0.05, 0) is 54.8 Å². The van der Waals surface area contributed by atoms with Gasteiger partial charge in [0, 0.05) is 26.0 Å². The molecule has 0 aliphatic heterocycles. The molecule has 2 aromatic carbocycles. The second-order valence-electron chi connectivity index (χ2n) is 6.42. The molecule has 0 amide bonds. The standard InChI is InChI=1S/C21H24FN5.HI/c1-15-5-8-18(13-20(15)22)16(2)26-21(23-3)24-14-17-6-9-19(10-7-17)27-12-4-11-25-27;/h4-13,16H,14H2,1-3H3,(H2,23,24,26);1H. The Hall–Kier alpha value is -2.42. The Morgan fingerprint density at radius 2 is 1.96 bits per heavy atom. The normalized spacial score (nSPS) is 12.2. The van der Waals surface area contributed by atoms with Gasteiger partial charge in [-0.15, -0.1) is 24.0 Å². The number of hydrogen-bond acceptors (Lipinski definition) is 2. The summed E-state index contributed by atoms with van der Waals surface area (Å²) in [5.74, 6) is 0.473. The highest BCUT2D eigenvalue weighted by molar-refractivity contribution is 14.0. The van der Waals surface area contributed by atoms with E-state index < -0.39 is 0 Å². The number of guanidine groups is 1. The first-order valence-electron chi connectivity index (χ1n) is 8.89. The van der Waals surface area contributed by atoms with Crippen molar-refractivity contribution in [3.8, 4) is 5.69 Å². The van der Waals surface area contributed by atoms with Crippen molar-refractivity contribution in [3.05, 3.63) is 83.4 Å². The summed E-state index contributed by atoms with van der Waals surface area (Å²) in [6, 6.07) is 15.3. The Morgan fingerprint density at radius 3 is 2.57 bits per heavy atom. The van der Waals surface area contributed by atoms with Crippen molar-refractivity contribution >= 4 is 29.9 Å². The molecule has 5 nitrogen and oxygen atoms in total. The third kappa shape index (κ3) is 5.54. The minimum absolute atomic E-state index is 0. The van der Waals surface area contributed by atoms with Crippen LogP contribution in [0.25, 0.3) is 5.69 Å². The lowest BCUT2D eigenvalue weighted by atomic mass is 10.1. The number of aliphatic imine (C=N–C) groups is 1. The maximum Gasteiger partial charge on any atom is 0.191 e. The van der Waals surface area contributed by atoms with Crippen LogP contribution in [0.5, 0.6) is 0 Å². The van der Waals surface area contributed by atoms with Crippen LogP contribution in [0.3, 0.4) is 0 Å². The molecule has 0 saturated heterocycles. The van der Waals surface area contributed by atoms with E-state index in [1.807, 2.05) is 42.1 Å². The smallest absolute Gasteiger partial charge is 0.191 e. The van der Waals surface area contributed by atoms with Crippen molar-refractivity contribution < 1.29 is 4.39 Å². The number of nitrogens with zero attached hydrogens (tertiary/aromatic N) is 3. The summed E-state index contributed by atoms with van der Waals surface area (Å²) in [7, 11) is 1.72. The second-order valence-corrected chi connectivity index (χ2v) is 6.42. The van der Waals surface area contributed by atoms with E-state index >= 15 is 0 Å². The van der Waals surface area contributed by atoms with E-state index in [0.717, 1.165) is 16.8 Å². The topological polar surface area (TPSA) is 54.2 Å². The van der Waals surface area contributed by atoms with Gasteiger partial charge in [-0.3, -0.25) is 4.99 Å². The average molecular weight is 493 g/mol. The van der Waals surface area contributed by atoms with Crippen molar-refractivity contribution in [2.45, 2.75) is 26.4 Å². The molecule has 0 saturated carbocycles. The molecule has 3 aromatic rings. The van der Waals surface area contributed by atoms with Crippen LogP contribution in [-0.2, 0) is 6.54 Å². The Labute approximate surface area is 182 Å². The molecular formula is C21H25FIN5. The number of rotatable bonds is 5. The van der Waals surface area contributed by atoms with Gasteiger partial charge in [-0.1, -0.05) is 24.3 Å². The third-order valence-corrected chi connectivity index (χ3v) is 4.44. The molecule has 0 spiro atoms. The van der Waals surface area contributed by atoms with Crippen LogP contribution in [0.15, 0.2) is 65.9 Å². The van der Waals surface area contributed by atoms with Gasteiger partial charge in [0.05, 0.1) is 11.7 Å². The molecular weight excluding hydrogens is 468 g/mol. The molecule has 148 valence electrons. The van der Waals surface area contributed by atoms with Crippen molar-refractivity contribution in [1.82, 2.24) is 20.4 Å². The first kappa shape index (κ1) is 21.9. The van der Waals surface area contributed by atoms with Crippen molar-refractivity contribution in [3.63, 3.8) is 0 Å². The molecule has 1 unspecified atom stereocenters. The molecule has 0 bridgehead atoms. The first-order chi connectivity index (χ1) is 13.1. The maximum atomic E-state index is 13.8. The molecule has 0 aliphatic carbocycles. The van der Waals surface area contributed by atoms with E-state index in [1.165, 1.54) is 0 Å². The van der Waals surface area contributed by atoms with E-state index in [9.17, 15) is 4.39 Å². The van der Waals surface area contributed by atoms with Crippen LogP contribution in [0.1, 0.15) is 29.7 Å². The Bertz CT molecular complexity index is 907. The van der Waals surface area contributed by atoms with E-state index in [2.05, 4.69) is 32.9 Å². The van der Waals surface area contributed by atoms with Gasteiger partial charge in [0.2, 0.25) is 0 Å². The van der Waals surface area contributed by atoms with Crippen molar-refractivity contribution in [2.75, 3.05) is 7.05 Å².